The molecule has 8 heteroatoms. The summed E-state index contributed by atoms with van der Waals surface area (Å²) in [6.45, 7) is 7.20. The van der Waals surface area contributed by atoms with Gasteiger partial charge in [-0.25, -0.2) is 9.18 Å². The Morgan fingerprint density at radius 1 is 1.00 bits per heavy atom. The fraction of sp³-hybridized carbons (Fsp3) is 0.429. The number of furan rings is 1. The predicted molar refractivity (Wildman–Crippen MR) is 103 cm³/mol. The van der Waals surface area contributed by atoms with Crippen molar-refractivity contribution in [2.75, 3.05) is 26.2 Å². The van der Waals surface area contributed by atoms with E-state index in [0.717, 1.165) is 0 Å². The molecule has 0 bridgehead atoms. The van der Waals surface area contributed by atoms with E-state index in [0.29, 0.717) is 37.7 Å². The molecule has 3 rings (SSSR count). The standard InChI is InChI=1S/C21H25FN2O5/c1-21(2,3)29-20(26)24-12-10-23(11-13-24)19(25)18-9-8-17(28-18)14-27-16-6-4-15(22)5-7-16/h4-9H,10-14H2,1-3H3. The summed E-state index contributed by atoms with van der Waals surface area (Å²) >= 11 is 0. The van der Waals surface area contributed by atoms with Crippen LogP contribution in [0.1, 0.15) is 37.1 Å². The summed E-state index contributed by atoms with van der Waals surface area (Å²) in [5.41, 5.74) is -0.551. The molecule has 0 aliphatic carbocycles. The van der Waals surface area contributed by atoms with Crippen LogP contribution in [0.5, 0.6) is 5.75 Å². The van der Waals surface area contributed by atoms with Crippen LogP contribution in [0.3, 0.4) is 0 Å². The Balaban J connectivity index is 1.50. The minimum atomic E-state index is -0.551. The van der Waals surface area contributed by atoms with Gasteiger partial charge in [0.25, 0.3) is 5.91 Å². The van der Waals surface area contributed by atoms with Crippen LogP contribution in [0.2, 0.25) is 0 Å². The van der Waals surface area contributed by atoms with Crippen molar-refractivity contribution in [2.45, 2.75) is 33.0 Å². The molecule has 2 amide bonds. The maximum Gasteiger partial charge on any atom is 0.410 e. The van der Waals surface area contributed by atoms with Crippen molar-refractivity contribution in [3.63, 3.8) is 0 Å². The molecule has 1 saturated heterocycles. The summed E-state index contributed by atoms with van der Waals surface area (Å²) in [7, 11) is 0. The van der Waals surface area contributed by atoms with Gasteiger partial charge in [-0.3, -0.25) is 4.79 Å². The Bertz CT molecular complexity index is 849. The van der Waals surface area contributed by atoms with E-state index < -0.39 is 5.60 Å². The summed E-state index contributed by atoms with van der Waals surface area (Å²) in [5, 5.41) is 0. The maximum atomic E-state index is 12.9. The molecule has 1 aromatic heterocycles. The molecule has 1 aliphatic heterocycles. The van der Waals surface area contributed by atoms with Gasteiger partial charge in [0.1, 0.15) is 29.5 Å². The first-order valence-corrected chi connectivity index (χ1v) is 9.45. The first-order chi connectivity index (χ1) is 13.7. The van der Waals surface area contributed by atoms with Gasteiger partial charge in [0.15, 0.2) is 5.76 Å². The van der Waals surface area contributed by atoms with Crippen molar-refractivity contribution in [1.29, 1.82) is 0 Å². The van der Waals surface area contributed by atoms with Gasteiger partial charge in [-0.15, -0.1) is 0 Å². The summed E-state index contributed by atoms with van der Waals surface area (Å²) in [5.74, 6) is 0.643. The second-order valence-electron chi connectivity index (χ2n) is 7.77. The SMILES string of the molecule is CC(C)(C)OC(=O)N1CCN(C(=O)c2ccc(COc3ccc(F)cc3)o2)CC1. The van der Waals surface area contributed by atoms with Gasteiger partial charge in [0.05, 0.1) is 0 Å². The van der Waals surface area contributed by atoms with Gasteiger partial charge in [-0.1, -0.05) is 0 Å². The zero-order chi connectivity index (χ0) is 21.0. The van der Waals surface area contributed by atoms with E-state index in [-0.39, 0.29) is 30.2 Å². The zero-order valence-electron chi connectivity index (χ0n) is 16.8. The molecule has 1 aromatic carbocycles. The molecule has 7 nitrogen and oxygen atoms in total. The molecule has 0 saturated carbocycles. The van der Waals surface area contributed by atoms with Crippen molar-refractivity contribution in [2.24, 2.45) is 0 Å². The maximum absolute atomic E-state index is 12.9. The van der Waals surface area contributed by atoms with Crippen LogP contribution >= 0.6 is 0 Å². The van der Waals surface area contributed by atoms with Crippen molar-refractivity contribution in [3.05, 3.63) is 53.7 Å². The molecule has 1 fully saturated rings. The number of hydrogen-bond donors (Lipinski definition) is 0. The van der Waals surface area contributed by atoms with E-state index in [1.165, 1.54) is 24.3 Å². The fourth-order valence-corrected chi connectivity index (χ4v) is 2.83. The molecular formula is C21H25FN2O5. The Labute approximate surface area is 169 Å². The van der Waals surface area contributed by atoms with E-state index in [1.807, 2.05) is 20.8 Å². The minimum Gasteiger partial charge on any atom is -0.486 e. The summed E-state index contributed by atoms with van der Waals surface area (Å²) in [6.07, 6.45) is -0.372. The monoisotopic (exact) mass is 404 g/mol. The first-order valence-electron chi connectivity index (χ1n) is 9.45. The van der Waals surface area contributed by atoms with Crippen molar-refractivity contribution < 1.29 is 27.9 Å². The Hall–Kier alpha value is -3.03. The van der Waals surface area contributed by atoms with E-state index in [2.05, 4.69) is 0 Å². The van der Waals surface area contributed by atoms with E-state index in [9.17, 15) is 14.0 Å². The summed E-state index contributed by atoms with van der Waals surface area (Å²) in [4.78, 5) is 28.0. The van der Waals surface area contributed by atoms with Crippen LogP contribution < -0.4 is 4.74 Å². The molecule has 0 atom stereocenters. The quantitative estimate of drug-likeness (QED) is 0.777. The largest absolute Gasteiger partial charge is 0.486 e. The number of carbonyl (C=O) groups is 2. The average molecular weight is 404 g/mol. The molecule has 0 unspecified atom stereocenters. The average Bonchev–Trinajstić information content (AvgIpc) is 3.15. The van der Waals surface area contributed by atoms with Gasteiger partial charge in [-0.2, -0.15) is 0 Å². The van der Waals surface area contributed by atoms with Gasteiger partial charge in [-0.05, 0) is 57.2 Å². The number of hydrogen-bond acceptors (Lipinski definition) is 5. The summed E-state index contributed by atoms with van der Waals surface area (Å²) in [6, 6.07) is 8.94. The number of carbonyl (C=O) groups excluding carboxylic acids is 2. The number of halogens is 1. The number of benzene rings is 1. The topological polar surface area (TPSA) is 72.2 Å². The Morgan fingerprint density at radius 2 is 1.62 bits per heavy atom. The molecule has 156 valence electrons. The van der Waals surface area contributed by atoms with Crippen molar-refractivity contribution >= 4 is 12.0 Å². The van der Waals surface area contributed by atoms with E-state index in [4.69, 9.17) is 13.9 Å². The van der Waals surface area contributed by atoms with Crippen LogP contribution in [-0.4, -0.2) is 53.6 Å². The van der Waals surface area contributed by atoms with Gasteiger partial charge >= 0.3 is 6.09 Å². The number of amides is 2. The molecule has 0 spiro atoms. The zero-order valence-corrected chi connectivity index (χ0v) is 16.8. The Kier molecular flexibility index (Phi) is 6.10. The first kappa shape index (κ1) is 20.7. The van der Waals surface area contributed by atoms with Crippen molar-refractivity contribution in [3.8, 4) is 5.75 Å². The molecule has 2 aromatic rings. The lowest BCUT2D eigenvalue weighted by Crippen LogP contribution is -2.51. The lowest BCUT2D eigenvalue weighted by atomic mass is 10.2. The lowest BCUT2D eigenvalue weighted by molar-refractivity contribution is 0.0136. The number of nitrogens with zero attached hydrogens (tertiary/aromatic N) is 2. The fourth-order valence-electron chi connectivity index (χ4n) is 2.83. The molecule has 29 heavy (non-hydrogen) atoms. The van der Waals surface area contributed by atoms with Crippen LogP contribution in [0.25, 0.3) is 0 Å². The molecular weight excluding hydrogens is 379 g/mol. The third kappa shape index (κ3) is 5.73. The molecule has 2 heterocycles. The molecule has 0 N–H and O–H groups in total. The predicted octanol–water partition coefficient (Wildman–Crippen LogP) is 3.69. The highest BCUT2D eigenvalue weighted by Crippen LogP contribution is 2.17. The van der Waals surface area contributed by atoms with Crippen molar-refractivity contribution in [1.82, 2.24) is 9.80 Å². The summed E-state index contributed by atoms with van der Waals surface area (Å²) < 4.78 is 29.4. The highest BCUT2D eigenvalue weighted by molar-refractivity contribution is 5.91. The van der Waals surface area contributed by atoms with Crippen LogP contribution in [0.4, 0.5) is 9.18 Å². The molecule has 1 aliphatic rings. The number of piperazine rings is 1. The Morgan fingerprint density at radius 3 is 2.24 bits per heavy atom. The minimum absolute atomic E-state index is 0.130. The van der Waals surface area contributed by atoms with Gasteiger partial charge in [0, 0.05) is 26.2 Å². The highest BCUT2D eigenvalue weighted by atomic mass is 19.1. The number of ether oxygens (including phenoxy) is 2. The number of rotatable bonds is 4. The van der Waals surface area contributed by atoms with E-state index in [1.54, 1.807) is 21.9 Å². The van der Waals surface area contributed by atoms with Crippen LogP contribution in [0.15, 0.2) is 40.8 Å². The third-order valence-electron chi connectivity index (χ3n) is 4.29. The van der Waals surface area contributed by atoms with Gasteiger partial charge < -0.3 is 23.7 Å². The van der Waals surface area contributed by atoms with E-state index >= 15 is 0 Å². The second-order valence-corrected chi connectivity index (χ2v) is 7.77. The second kappa shape index (κ2) is 8.55. The van der Waals surface area contributed by atoms with Crippen LogP contribution in [0, 0.1) is 5.82 Å². The highest BCUT2D eigenvalue weighted by Gasteiger charge is 2.29. The smallest absolute Gasteiger partial charge is 0.410 e. The third-order valence-corrected chi connectivity index (χ3v) is 4.29. The molecule has 0 radical (unpaired) electrons. The van der Waals surface area contributed by atoms with Gasteiger partial charge in [0.2, 0.25) is 0 Å². The lowest BCUT2D eigenvalue weighted by Gasteiger charge is -2.35. The normalized spacial score (nSPS) is 14.6. The van der Waals surface area contributed by atoms with Crippen LogP contribution in [-0.2, 0) is 11.3 Å².